The maximum Gasteiger partial charge on any atom is 0.264 e. The Labute approximate surface area is 183 Å². The zero-order valence-corrected chi connectivity index (χ0v) is 18.1. The van der Waals surface area contributed by atoms with E-state index in [9.17, 15) is 14.7 Å². The van der Waals surface area contributed by atoms with E-state index in [1.54, 1.807) is 17.0 Å². The third kappa shape index (κ3) is 3.79. The molecule has 1 N–H and O–H groups in total. The Bertz CT molecular complexity index is 1140. The van der Waals surface area contributed by atoms with Crippen molar-refractivity contribution in [2.45, 2.75) is 45.3 Å². The first-order valence-electron chi connectivity index (χ1n) is 10.6. The van der Waals surface area contributed by atoms with E-state index in [1.807, 2.05) is 67.6 Å². The van der Waals surface area contributed by atoms with Crippen LogP contribution in [0.15, 0.2) is 72.8 Å². The second-order valence-corrected chi connectivity index (χ2v) is 8.58. The quantitative estimate of drug-likeness (QED) is 0.570. The largest absolute Gasteiger partial charge is 0.375 e. The lowest BCUT2D eigenvalue weighted by Gasteiger charge is -2.23. The molecule has 0 saturated carbocycles. The molecule has 0 saturated heterocycles. The van der Waals surface area contributed by atoms with E-state index in [1.165, 1.54) is 0 Å². The summed E-state index contributed by atoms with van der Waals surface area (Å²) in [6, 6.07) is 22.7. The first-order valence-corrected chi connectivity index (χ1v) is 10.6. The number of amides is 1. The molecule has 0 spiro atoms. The molecule has 4 heteroatoms. The SMILES string of the molecule is Cc1ccc(C(C)C)cc1C(=O)C[C@@]1(O)C(=O)N(Cc2ccccc2)c2ccccc21. The van der Waals surface area contributed by atoms with Gasteiger partial charge in [-0.3, -0.25) is 9.59 Å². The number of aliphatic hydroxyl groups is 1. The topological polar surface area (TPSA) is 57.6 Å². The summed E-state index contributed by atoms with van der Waals surface area (Å²) in [6.07, 6.45) is -0.281. The third-order valence-electron chi connectivity index (χ3n) is 6.07. The maximum absolute atomic E-state index is 13.4. The van der Waals surface area contributed by atoms with Crippen molar-refractivity contribution < 1.29 is 14.7 Å². The average molecular weight is 414 g/mol. The highest BCUT2D eigenvalue weighted by atomic mass is 16.3. The Hall–Kier alpha value is -3.24. The van der Waals surface area contributed by atoms with E-state index in [0.29, 0.717) is 23.4 Å². The summed E-state index contributed by atoms with van der Waals surface area (Å²) in [6.45, 7) is 6.37. The molecule has 4 nitrogen and oxygen atoms in total. The van der Waals surface area contributed by atoms with Crippen molar-refractivity contribution in [1.29, 1.82) is 0 Å². The first kappa shape index (κ1) is 21.0. The van der Waals surface area contributed by atoms with E-state index in [-0.39, 0.29) is 18.1 Å². The van der Waals surface area contributed by atoms with Gasteiger partial charge in [0.15, 0.2) is 11.4 Å². The van der Waals surface area contributed by atoms with Gasteiger partial charge in [0.25, 0.3) is 5.91 Å². The van der Waals surface area contributed by atoms with Gasteiger partial charge in [0.2, 0.25) is 0 Å². The summed E-state index contributed by atoms with van der Waals surface area (Å²) in [5.41, 5.74) is 2.69. The second-order valence-electron chi connectivity index (χ2n) is 8.58. The molecule has 4 rings (SSSR count). The van der Waals surface area contributed by atoms with E-state index in [2.05, 4.69) is 13.8 Å². The molecule has 31 heavy (non-hydrogen) atoms. The fourth-order valence-electron chi connectivity index (χ4n) is 4.23. The number of fused-ring (bicyclic) bond motifs is 1. The molecule has 3 aromatic carbocycles. The van der Waals surface area contributed by atoms with Crippen LogP contribution < -0.4 is 4.90 Å². The van der Waals surface area contributed by atoms with Gasteiger partial charge in [0.05, 0.1) is 18.7 Å². The van der Waals surface area contributed by atoms with Crippen LogP contribution >= 0.6 is 0 Å². The number of anilines is 1. The van der Waals surface area contributed by atoms with Gasteiger partial charge in [0.1, 0.15) is 0 Å². The van der Waals surface area contributed by atoms with E-state index in [0.717, 1.165) is 16.7 Å². The fraction of sp³-hybridized carbons (Fsp3) is 0.259. The van der Waals surface area contributed by atoms with Crippen LogP contribution in [0.1, 0.15) is 58.8 Å². The lowest BCUT2D eigenvalue weighted by Crippen LogP contribution is -2.41. The van der Waals surface area contributed by atoms with Crippen molar-refractivity contribution in [3.8, 4) is 0 Å². The van der Waals surface area contributed by atoms with Crippen molar-refractivity contribution in [3.05, 3.63) is 101 Å². The molecule has 1 atom stereocenters. The zero-order valence-electron chi connectivity index (χ0n) is 18.1. The fourth-order valence-corrected chi connectivity index (χ4v) is 4.23. The predicted molar refractivity (Wildman–Crippen MR) is 122 cm³/mol. The Kier molecular flexibility index (Phi) is 5.50. The second kappa shape index (κ2) is 8.12. The number of carbonyl (C=O) groups excluding carboxylic acids is 2. The molecule has 0 bridgehead atoms. The van der Waals surface area contributed by atoms with E-state index in [4.69, 9.17) is 0 Å². The number of rotatable bonds is 6. The molecule has 0 aliphatic carbocycles. The van der Waals surface area contributed by atoms with Crippen LogP contribution in [-0.2, 0) is 16.9 Å². The van der Waals surface area contributed by atoms with Gasteiger partial charge in [-0.25, -0.2) is 0 Å². The summed E-state index contributed by atoms with van der Waals surface area (Å²) < 4.78 is 0. The molecule has 158 valence electrons. The standard InChI is InChI=1S/C27H27NO3/c1-18(2)21-14-13-19(3)22(15-21)25(29)16-27(31)23-11-7-8-12-24(23)28(26(27)30)17-20-9-5-4-6-10-20/h4-15,18,31H,16-17H2,1-3H3/t27-/m0/s1. The van der Waals surface area contributed by atoms with Gasteiger partial charge in [-0.1, -0.05) is 74.5 Å². The van der Waals surface area contributed by atoms with Crippen LogP contribution in [0.5, 0.6) is 0 Å². The molecular formula is C27H27NO3. The number of ketones is 1. The molecule has 0 unspecified atom stereocenters. The van der Waals surface area contributed by atoms with Crippen LogP contribution in [0.2, 0.25) is 0 Å². The number of benzene rings is 3. The smallest absolute Gasteiger partial charge is 0.264 e. The van der Waals surface area contributed by atoms with Crippen molar-refractivity contribution in [2.24, 2.45) is 0 Å². The van der Waals surface area contributed by atoms with Crippen molar-refractivity contribution in [3.63, 3.8) is 0 Å². The van der Waals surface area contributed by atoms with Crippen LogP contribution in [0.25, 0.3) is 0 Å². The van der Waals surface area contributed by atoms with Crippen molar-refractivity contribution in [1.82, 2.24) is 0 Å². The summed E-state index contributed by atoms with van der Waals surface area (Å²) in [5, 5.41) is 11.5. The number of carbonyl (C=O) groups is 2. The van der Waals surface area contributed by atoms with Gasteiger partial charge in [-0.2, -0.15) is 0 Å². The molecule has 1 aliphatic rings. The van der Waals surface area contributed by atoms with Gasteiger partial charge in [-0.15, -0.1) is 0 Å². The predicted octanol–water partition coefficient (Wildman–Crippen LogP) is 5.13. The molecule has 1 heterocycles. The minimum atomic E-state index is -1.87. The molecule has 1 aliphatic heterocycles. The highest BCUT2D eigenvalue weighted by Gasteiger charge is 2.50. The van der Waals surface area contributed by atoms with E-state index < -0.39 is 11.5 Å². The lowest BCUT2D eigenvalue weighted by molar-refractivity contribution is -0.136. The first-order chi connectivity index (χ1) is 14.8. The monoisotopic (exact) mass is 413 g/mol. The number of hydrogen-bond acceptors (Lipinski definition) is 3. The van der Waals surface area contributed by atoms with Crippen molar-refractivity contribution in [2.75, 3.05) is 4.90 Å². The number of Topliss-reactive ketones (excluding diaryl/α,β-unsaturated/α-hetero) is 1. The summed E-state index contributed by atoms with van der Waals surface area (Å²) >= 11 is 0. The van der Waals surface area contributed by atoms with Gasteiger partial charge >= 0.3 is 0 Å². The Balaban J connectivity index is 1.69. The molecule has 0 radical (unpaired) electrons. The minimum Gasteiger partial charge on any atom is -0.375 e. The third-order valence-corrected chi connectivity index (χ3v) is 6.07. The summed E-state index contributed by atoms with van der Waals surface area (Å²) in [4.78, 5) is 28.3. The van der Waals surface area contributed by atoms with Gasteiger partial charge in [-0.05, 0) is 41.7 Å². The van der Waals surface area contributed by atoms with Gasteiger partial charge < -0.3 is 10.0 Å². The Morgan fingerprint density at radius 3 is 2.39 bits per heavy atom. The Morgan fingerprint density at radius 1 is 1.00 bits per heavy atom. The average Bonchev–Trinajstić information content (AvgIpc) is 2.96. The molecular weight excluding hydrogens is 386 g/mol. The van der Waals surface area contributed by atoms with Crippen LogP contribution in [0, 0.1) is 6.92 Å². The highest BCUT2D eigenvalue weighted by molar-refractivity contribution is 6.11. The molecule has 0 fully saturated rings. The minimum absolute atomic E-state index is 0.229. The van der Waals surface area contributed by atoms with Crippen molar-refractivity contribution >= 4 is 17.4 Å². The molecule has 0 aromatic heterocycles. The Morgan fingerprint density at radius 2 is 1.68 bits per heavy atom. The zero-order chi connectivity index (χ0) is 22.2. The van der Waals surface area contributed by atoms with E-state index >= 15 is 0 Å². The number of nitrogens with zero attached hydrogens (tertiary/aromatic N) is 1. The number of para-hydroxylation sites is 1. The normalized spacial score (nSPS) is 17.8. The number of aryl methyl sites for hydroxylation is 1. The molecule has 1 amide bonds. The van der Waals surface area contributed by atoms with Crippen LogP contribution in [-0.4, -0.2) is 16.8 Å². The lowest BCUT2D eigenvalue weighted by atomic mass is 9.86. The van der Waals surface area contributed by atoms with Crippen LogP contribution in [0.3, 0.4) is 0 Å². The van der Waals surface area contributed by atoms with Gasteiger partial charge in [0, 0.05) is 11.1 Å². The number of hydrogen-bond donors (Lipinski definition) is 1. The summed E-state index contributed by atoms with van der Waals surface area (Å²) in [5.74, 6) is -0.402. The summed E-state index contributed by atoms with van der Waals surface area (Å²) in [7, 11) is 0. The highest BCUT2D eigenvalue weighted by Crippen LogP contribution is 2.43. The maximum atomic E-state index is 13.4. The molecule has 3 aromatic rings. The van der Waals surface area contributed by atoms with Crippen LogP contribution in [0.4, 0.5) is 5.69 Å².